The molecule has 0 amide bonds. The fourth-order valence-electron chi connectivity index (χ4n) is 2.84. The molecule has 25 heavy (non-hydrogen) atoms. The molecule has 2 aromatic rings. The Kier molecular flexibility index (Phi) is 4.91. The first-order valence-electron chi connectivity index (χ1n) is 7.83. The fourth-order valence-corrected chi connectivity index (χ4v) is 4.54. The number of hydrogen-bond acceptors (Lipinski definition) is 5. The number of hydrogen-bond donors (Lipinski definition) is 0. The van der Waals surface area contributed by atoms with Crippen molar-refractivity contribution in [1.29, 1.82) is 0 Å². The first-order valence-corrected chi connectivity index (χ1v) is 9.27. The molecule has 1 aliphatic heterocycles. The van der Waals surface area contributed by atoms with Crippen molar-refractivity contribution in [2.24, 2.45) is 0 Å². The molecular weight excluding hydrogens is 347 g/mol. The molecule has 134 valence electrons. The Morgan fingerprint density at radius 2 is 2.12 bits per heavy atom. The molecule has 0 unspecified atom stereocenters. The van der Waals surface area contributed by atoms with E-state index in [0.717, 1.165) is 0 Å². The maximum atomic E-state index is 14.2. The van der Waals surface area contributed by atoms with Crippen molar-refractivity contribution in [1.82, 2.24) is 9.29 Å². The van der Waals surface area contributed by atoms with Gasteiger partial charge in [-0.25, -0.2) is 12.8 Å². The lowest BCUT2D eigenvalue weighted by atomic mass is 10.2. The summed E-state index contributed by atoms with van der Waals surface area (Å²) in [7, 11) is -2.46. The van der Waals surface area contributed by atoms with Gasteiger partial charge in [-0.3, -0.25) is 4.98 Å². The van der Waals surface area contributed by atoms with Crippen LogP contribution < -0.4 is 9.47 Å². The van der Waals surface area contributed by atoms with Crippen LogP contribution in [0.25, 0.3) is 0 Å². The standard InChI is InChI=1S/C17H19FN2O4S/c1-12-16(6-5-15(23-2)17(12)18)25(21,22)20-9-7-14(11-20)24-13-4-3-8-19-10-13/h3-6,8,10,14H,7,9,11H2,1-2H3/t14-/m1/s1. The van der Waals surface area contributed by atoms with Crippen LogP contribution >= 0.6 is 0 Å². The van der Waals surface area contributed by atoms with Crippen LogP contribution in [0, 0.1) is 12.7 Å². The summed E-state index contributed by atoms with van der Waals surface area (Å²) in [6, 6.07) is 6.23. The second kappa shape index (κ2) is 6.97. The molecule has 8 heteroatoms. The minimum Gasteiger partial charge on any atom is -0.494 e. The summed E-state index contributed by atoms with van der Waals surface area (Å²) in [6.45, 7) is 1.97. The van der Waals surface area contributed by atoms with E-state index >= 15 is 0 Å². The van der Waals surface area contributed by atoms with Crippen molar-refractivity contribution in [2.75, 3.05) is 20.2 Å². The largest absolute Gasteiger partial charge is 0.494 e. The molecule has 1 saturated heterocycles. The lowest BCUT2D eigenvalue weighted by molar-refractivity contribution is 0.214. The lowest BCUT2D eigenvalue weighted by Crippen LogP contribution is -2.31. The third-order valence-corrected chi connectivity index (χ3v) is 6.19. The summed E-state index contributed by atoms with van der Waals surface area (Å²) in [5.74, 6) is -0.0417. The van der Waals surface area contributed by atoms with E-state index in [2.05, 4.69) is 4.98 Å². The summed E-state index contributed by atoms with van der Waals surface area (Å²) < 4.78 is 51.9. The molecule has 0 spiro atoms. The highest BCUT2D eigenvalue weighted by Gasteiger charge is 2.35. The predicted octanol–water partition coefficient (Wildman–Crippen LogP) is 2.38. The van der Waals surface area contributed by atoms with Crippen LogP contribution in [0.2, 0.25) is 0 Å². The number of aromatic nitrogens is 1. The van der Waals surface area contributed by atoms with E-state index in [1.54, 1.807) is 24.5 Å². The van der Waals surface area contributed by atoms with Gasteiger partial charge in [-0.15, -0.1) is 0 Å². The third kappa shape index (κ3) is 3.45. The molecule has 1 aromatic heterocycles. The van der Waals surface area contributed by atoms with Gasteiger partial charge in [-0.05, 0) is 37.6 Å². The smallest absolute Gasteiger partial charge is 0.243 e. The van der Waals surface area contributed by atoms with E-state index in [1.807, 2.05) is 0 Å². The number of pyridine rings is 1. The van der Waals surface area contributed by atoms with Gasteiger partial charge in [-0.1, -0.05) is 0 Å². The highest BCUT2D eigenvalue weighted by molar-refractivity contribution is 7.89. The molecule has 1 aliphatic rings. The van der Waals surface area contributed by atoms with E-state index in [0.29, 0.717) is 18.7 Å². The zero-order valence-electron chi connectivity index (χ0n) is 14.0. The third-order valence-electron chi connectivity index (χ3n) is 4.18. The summed E-state index contributed by atoms with van der Waals surface area (Å²) in [5.41, 5.74) is 0.0518. The van der Waals surface area contributed by atoms with Gasteiger partial charge in [0.1, 0.15) is 11.9 Å². The Morgan fingerprint density at radius 3 is 2.80 bits per heavy atom. The van der Waals surface area contributed by atoms with Crippen molar-refractivity contribution in [3.8, 4) is 11.5 Å². The lowest BCUT2D eigenvalue weighted by Gasteiger charge is -2.19. The maximum Gasteiger partial charge on any atom is 0.243 e. The van der Waals surface area contributed by atoms with Crippen molar-refractivity contribution in [3.63, 3.8) is 0 Å². The highest BCUT2D eigenvalue weighted by Crippen LogP contribution is 2.30. The van der Waals surface area contributed by atoms with Gasteiger partial charge < -0.3 is 9.47 Å². The zero-order chi connectivity index (χ0) is 18.0. The van der Waals surface area contributed by atoms with Crippen LogP contribution in [0.1, 0.15) is 12.0 Å². The Bertz CT molecular complexity index is 858. The quantitative estimate of drug-likeness (QED) is 0.813. The van der Waals surface area contributed by atoms with Gasteiger partial charge in [0.2, 0.25) is 10.0 Å². The van der Waals surface area contributed by atoms with E-state index in [-0.39, 0.29) is 28.9 Å². The van der Waals surface area contributed by atoms with Crippen molar-refractivity contribution in [3.05, 3.63) is 48.0 Å². The first-order chi connectivity index (χ1) is 11.9. The van der Waals surface area contributed by atoms with Crippen LogP contribution in [0.5, 0.6) is 11.5 Å². The molecule has 3 rings (SSSR count). The van der Waals surface area contributed by atoms with Crippen LogP contribution in [0.3, 0.4) is 0 Å². The molecule has 0 saturated carbocycles. The second-order valence-electron chi connectivity index (χ2n) is 5.79. The Labute approximate surface area is 146 Å². The van der Waals surface area contributed by atoms with Crippen LogP contribution in [0.4, 0.5) is 4.39 Å². The van der Waals surface area contributed by atoms with E-state index in [1.165, 1.54) is 30.5 Å². The maximum absolute atomic E-state index is 14.2. The zero-order valence-corrected chi connectivity index (χ0v) is 14.8. The highest BCUT2D eigenvalue weighted by atomic mass is 32.2. The van der Waals surface area contributed by atoms with Gasteiger partial charge in [0, 0.05) is 18.3 Å². The number of ether oxygens (including phenoxy) is 2. The molecular formula is C17H19FN2O4S. The SMILES string of the molecule is COc1ccc(S(=O)(=O)N2CC[C@@H](Oc3cccnc3)C2)c(C)c1F. The van der Waals surface area contributed by atoms with E-state index in [4.69, 9.17) is 9.47 Å². The Morgan fingerprint density at radius 1 is 1.32 bits per heavy atom. The molecule has 0 aliphatic carbocycles. The van der Waals surface area contributed by atoms with Crippen LogP contribution in [0.15, 0.2) is 41.6 Å². The number of benzene rings is 1. The van der Waals surface area contributed by atoms with Crippen LogP contribution in [-0.4, -0.2) is 44.0 Å². The molecule has 1 atom stereocenters. The number of sulfonamides is 1. The van der Waals surface area contributed by atoms with Crippen molar-refractivity contribution >= 4 is 10.0 Å². The predicted molar refractivity (Wildman–Crippen MR) is 89.7 cm³/mol. The van der Waals surface area contributed by atoms with Gasteiger partial charge in [0.25, 0.3) is 0 Å². The van der Waals surface area contributed by atoms with E-state index in [9.17, 15) is 12.8 Å². The Hall–Kier alpha value is -2.19. The van der Waals surface area contributed by atoms with Gasteiger partial charge in [0.15, 0.2) is 11.6 Å². The Balaban J connectivity index is 1.79. The number of nitrogens with zero attached hydrogens (tertiary/aromatic N) is 2. The van der Waals surface area contributed by atoms with Crippen LogP contribution in [-0.2, 0) is 10.0 Å². The van der Waals surface area contributed by atoms with E-state index < -0.39 is 15.8 Å². The normalized spacial score (nSPS) is 18.3. The molecule has 6 nitrogen and oxygen atoms in total. The van der Waals surface area contributed by atoms with Crippen molar-refractivity contribution < 1.29 is 22.3 Å². The minimum atomic E-state index is -3.80. The first kappa shape index (κ1) is 17.6. The molecule has 0 bridgehead atoms. The summed E-state index contributed by atoms with van der Waals surface area (Å²) >= 11 is 0. The van der Waals surface area contributed by atoms with Crippen molar-refractivity contribution in [2.45, 2.75) is 24.3 Å². The summed E-state index contributed by atoms with van der Waals surface area (Å²) in [6.07, 6.45) is 3.52. The number of rotatable bonds is 5. The monoisotopic (exact) mass is 366 g/mol. The fraction of sp³-hybridized carbons (Fsp3) is 0.353. The topological polar surface area (TPSA) is 68.7 Å². The summed E-state index contributed by atoms with van der Waals surface area (Å²) in [5, 5.41) is 0. The molecule has 1 fully saturated rings. The number of halogens is 1. The van der Waals surface area contributed by atoms with Gasteiger partial charge >= 0.3 is 0 Å². The average molecular weight is 366 g/mol. The molecule has 2 heterocycles. The second-order valence-corrected chi connectivity index (χ2v) is 7.69. The molecule has 1 aromatic carbocycles. The molecule has 0 radical (unpaired) electrons. The summed E-state index contributed by atoms with van der Waals surface area (Å²) in [4.78, 5) is 3.92. The molecule has 0 N–H and O–H groups in total. The number of methoxy groups -OCH3 is 1. The van der Waals surface area contributed by atoms with Gasteiger partial charge in [0.05, 0.1) is 24.7 Å². The minimum absolute atomic E-state index is 0.0238. The average Bonchev–Trinajstić information content (AvgIpc) is 3.07. The van der Waals surface area contributed by atoms with Gasteiger partial charge in [-0.2, -0.15) is 4.31 Å².